The van der Waals surface area contributed by atoms with Crippen LogP contribution in [0.25, 0.3) is 6.08 Å². The molecule has 3 rings (SSSR count). The van der Waals surface area contributed by atoms with Crippen LogP contribution in [0.15, 0.2) is 64.6 Å². The lowest BCUT2D eigenvalue weighted by atomic mass is 10.1. The van der Waals surface area contributed by atoms with Crippen molar-refractivity contribution in [3.05, 3.63) is 95.9 Å². The van der Waals surface area contributed by atoms with Crippen molar-refractivity contribution in [3.8, 4) is 17.6 Å². The molecule has 0 unspecified atom stereocenters. The number of benzene rings is 3. The molecule has 0 aliphatic heterocycles. The number of carbonyl (C=O) groups is 1. The van der Waals surface area contributed by atoms with E-state index in [1.165, 1.54) is 18.2 Å². The number of nitrogens with one attached hydrogen (secondary N) is 1. The highest BCUT2D eigenvalue weighted by Crippen LogP contribution is 2.38. The zero-order valence-electron chi connectivity index (χ0n) is 18.8. The second kappa shape index (κ2) is 12.4. The average Bonchev–Trinajstić information content (AvgIpc) is 2.84. The maximum Gasteiger partial charge on any atom is 0.271 e. The van der Waals surface area contributed by atoms with Gasteiger partial charge in [-0.05, 0) is 58.8 Å². The summed E-state index contributed by atoms with van der Waals surface area (Å²) in [7, 11) is 0. The molecule has 0 aliphatic carbocycles. The van der Waals surface area contributed by atoms with Gasteiger partial charge in [-0.1, -0.05) is 41.4 Å². The Morgan fingerprint density at radius 2 is 1.92 bits per heavy atom. The van der Waals surface area contributed by atoms with Gasteiger partial charge in [0.05, 0.1) is 26.7 Å². The molecule has 0 aliphatic rings. The first-order valence-corrected chi connectivity index (χ1v) is 12.0. The van der Waals surface area contributed by atoms with Crippen molar-refractivity contribution in [3.63, 3.8) is 0 Å². The van der Waals surface area contributed by atoms with E-state index in [2.05, 4.69) is 21.2 Å². The summed E-state index contributed by atoms with van der Waals surface area (Å²) in [6.07, 6.45) is 1.37. The van der Waals surface area contributed by atoms with Crippen molar-refractivity contribution in [2.24, 2.45) is 0 Å². The van der Waals surface area contributed by atoms with Crippen LogP contribution in [0, 0.1) is 21.4 Å². The SMILES string of the molecule is CCOc1cc(/C=C(\C#N)C(=O)Nc2ccc([N+](=O)[O-])cc2Cl)cc(Br)c1OCc1ccccc1Cl. The quantitative estimate of drug-likeness (QED) is 0.122. The number of non-ortho nitro benzene ring substituents is 1. The molecular formula is C25H18BrCl2N3O5. The van der Waals surface area contributed by atoms with E-state index in [-0.39, 0.29) is 28.6 Å². The molecular weight excluding hydrogens is 573 g/mol. The normalized spacial score (nSPS) is 10.9. The molecule has 0 saturated carbocycles. The topological polar surface area (TPSA) is 114 Å². The van der Waals surface area contributed by atoms with Crippen LogP contribution in [0.5, 0.6) is 11.5 Å². The van der Waals surface area contributed by atoms with Crippen molar-refractivity contribution in [2.45, 2.75) is 13.5 Å². The van der Waals surface area contributed by atoms with Crippen molar-refractivity contribution < 1.29 is 19.2 Å². The fraction of sp³-hybridized carbons (Fsp3) is 0.120. The maximum atomic E-state index is 12.7. The number of nitrogens with zero attached hydrogens (tertiary/aromatic N) is 2. The lowest BCUT2D eigenvalue weighted by molar-refractivity contribution is -0.384. The van der Waals surface area contributed by atoms with Crippen molar-refractivity contribution in [1.82, 2.24) is 0 Å². The predicted molar refractivity (Wildman–Crippen MR) is 141 cm³/mol. The smallest absolute Gasteiger partial charge is 0.271 e. The minimum atomic E-state index is -0.735. The number of hydrogen-bond acceptors (Lipinski definition) is 6. The van der Waals surface area contributed by atoms with Gasteiger partial charge in [0, 0.05) is 22.7 Å². The maximum absolute atomic E-state index is 12.7. The number of nitriles is 1. The molecule has 1 N–H and O–H groups in total. The highest BCUT2D eigenvalue weighted by atomic mass is 79.9. The number of nitro groups is 1. The van der Waals surface area contributed by atoms with Crippen LogP contribution >= 0.6 is 39.1 Å². The van der Waals surface area contributed by atoms with Gasteiger partial charge in [0.1, 0.15) is 18.2 Å². The fourth-order valence-corrected chi connectivity index (χ4v) is 4.05. The third-order valence-corrected chi connectivity index (χ3v) is 6.02. The van der Waals surface area contributed by atoms with Gasteiger partial charge < -0.3 is 14.8 Å². The second-order valence-electron chi connectivity index (χ2n) is 7.19. The molecule has 0 spiro atoms. The van der Waals surface area contributed by atoms with Crippen LogP contribution in [0.2, 0.25) is 10.0 Å². The molecule has 11 heteroatoms. The Balaban J connectivity index is 1.86. The Labute approximate surface area is 225 Å². The van der Waals surface area contributed by atoms with E-state index in [1.54, 1.807) is 18.2 Å². The number of nitro benzene ring substituents is 1. The van der Waals surface area contributed by atoms with Gasteiger partial charge in [-0.25, -0.2) is 0 Å². The van der Waals surface area contributed by atoms with Gasteiger partial charge in [-0.2, -0.15) is 5.26 Å². The van der Waals surface area contributed by atoms with E-state index in [1.807, 2.05) is 31.2 Å². The highest BCUT2D eigenvalue weighted by Gasteiger charge is 2.17. The molecule has 0 radical (unpaired) electrons. The zero-order valence-corrected chi connectivity index (χ0v) is 21.9. The number of halogens is 3. The Bertz CT molecular complexity index is 1390. The van der Waals surface area contributed by atoms with Crippen LogP contribution in [0.4, 0.5) is 11.4 Å². The monoisotopic (exact) mass is 589 g/mol. The fourth-order valence-electron chi connectivity index (χ4n) is 3.06. The summed E-state index contributed by atoms with van der Waals surface area (Å²) < 4.78 is 12.2. The summed E-state index contributed by atoms with van der Waals surface area (Å²) in [5.74, 6) is 0.109. The second-order valence-corrected chi connectivity index (χ2v) is 8.86. The predicted octanol–water partition coefficient (Wildman–Crippen LogP) is 7.19. The molecule has 1 amide bonds. The van der Waals surface area contributed by atoms with Gasteiger partial charge in [-0.3, -0.25) is 14.9 Å². The van der Waals surface area contributed by atoms with Crippen LogP contribution in [0.1, 0.15) is 18.1 Å². The summed E-state index contributed by atoms with van der Waals surface area (Å²) in [5, 5.41) is 23.5. The van der Waals surface area contributed by atoms with E-state index in [4.69, 9.17) is 32.7 Å². The van der Waals surface area contributed by atoms with Gasteiger partial charge in [0.15, 0.2) is 11.5 Å². The summed E-state index contributed by atoms with van der Waals surface area (Å²) in [5.41, 5.74) is 0.985. The number of rotatable bonds is 9. The molecule has 3 aromatic rings. The average molecular weight is 591 g/mol. The molecule has 36 heavy (non-hydrogen) atoms. The summed E-state index contributed by atoms with van der Waals surface area (Å²) in [6, 6.07) is 16.1. The number of amides is 1. The first-order chi connectivity index (χ1) is 17.2. The molecule has 0 saturated heterocycles. The highest BCUT2D eigenvalue weighted by molar-refractivity contribution is 9.10. The standard InChI is InChI=1S/C25H18BrCl2N3O5/c1-2-35-23-11-15(10-19(26)24(23)36-14-16-5-3-4-6-20(16)27)9-17(13-29)25(32)30-22-8-7-18(31(33)34)12-21(22)28/h3-12H,2,14H2,1H3,(H,30,32)/b17-9+. The van der Waals surface area contributed by atoms with E-state index < -0.39 is 10.8 Å². The third kappa shape index (κ3) is 6.76. The zero-order chi connectivity index (χ0) is 26.2. The third-order valence-electron chi connectivity index (χ3n) is 4.75. The van der Waals surface area contributed by atoms with Crippen LogP contribution in [-0.4, -0.2) is 17.4 Å². The van der Waals surface area contributed by atoms with Crippen LogP contribution in [0.3, 0.4) is 0 Å². The Morgan fingerprint density at radius 1 is 1.17 bits per heavy atom. The summed E-state index contributed by atoms with van der Waals surface area (Å²) in [6.45, 7) is 2.37. The molecule has 3 aromatic carbocycles. The van der Waals surface area contributed by atoms with Crippen molar-refractivity contribution in [1.29, 1.82) is 5.26 Å². The molecule has 0 aromatic heterocycles. The van der Waals surface area contributed by atoms with Crippen LogP contribution < -0.4 is 14.8 Å². The minimum Gasteiger partial charge on any atom is -0.490 e. The van der Waals surface area contributed by atoms with E-state index in [0.717, 1.165) is 11.6 Å². The Hall–Kier alpha value is -3.58. The molecule has 0 atom stereocenters. The number of hydrogen-bond donors (Lipinski definition) is 1. The molecule has 8 nitrogen and oxygen atoms in total. The van der Waals surface area contributed by atoms with E-state index >= 15 is 0 Å². The summed E-state index contributed by atoms with van der Waals surface area (Å²) >= 11 is 15.7. The Kier molecular flexibility index (Phi) is 9.31. The first-order valence-electron chi connectivity index (χ1n) is 10.4. The van der Waals surface area contributed by atoms with Gasteiger partial charge in [-0.15, -0.1) is 0 Å². The minimum absolute atomic E-state index is 0.0313. The summed E-state index contributed by atoms with van der Waals surface area (Å²) in [4.78, 5) is 23.0. The van der Waals surface area contributed by atoms with Gasteiger partial charge in [0.2, 0.25) is 0 Å². The van der Waals surface area contributed by atoms with Gasteiger partial charge >= 0.3 is 0 Å². The van der Waals surface area contributed by atoms with Crippen molar-refractivity contribution in [2.75, 3.05) is 11.9 Å². The van der Waals surface area contributed by atoms with Gasteiger partial charge in [0.25, 0.3) is 11.6 Å². The number of ether oxygens (including phenoxy) is 2. The largest absolute Gasteiger partial charge is 0.490 e. The lowest BCUT2D eigenvalue weighted by Gasteiger charge is -2.15. The van der Waals surface area contributed by atoms with E-state index in [9.17, 15) is 20.2 Å². The molecule has 0 bridgehead atoms. The first kappa shape index (κ1) is 27.0. The number of carbonyl (C=O) groups excluding carboxylic acids is 1. The molecule has 0 heterocycles. The lowest BCUT2D eigenvalue weighted by Crippen LogP contribution is -2.13. The Morgan fingerprint density at radius 3 is 2.56 bits per heavy atom. The van der Waals surface area contributed by atoms with Crippen molar-refractivity contribution >= 4 is 62.5 Å². The number of anilines is 1. The van der Waals surface area contributed by atoms with E-state index in [0.29, 0.717) is 33.2 Å². The molecule has 0 fully saturated rings. The molecule has 184 valence electrons. The van der Waals surface area contributed by atoms with Crippen LogP contribution in [-0.2, 0) is 11.4 Å².